The van der Waals surface area contributed by atoms with Gasteiger partial charge in [0.2, 0.25) is 13.3 Å². The van der Waals surface area contributed by atoms with Crippen LogP contribution in [-0.4, -0.2) is 26.2 Å². The second-order valence-electron chi connectivity index (χ2n) is 14.4. The van der Waals surface area contributed by atoms with Crippen LogP contribution in [0.15, 0.2) is 12.1 Å². The van der Waals surface area contributed by atoms with E-state index in [9.17, 15) is 0 Å². The number of fused-ring (bicyclic) bond motifs is 2. The first kappa shape index (κ1) is 29.0. The van der Waals surface area contributed by atoms with E-state index < -0.39 is 0 Å². The van der Waals surface area contributed by atoms with E-state index in [0.29, 0.717) is 0 Å². The molecular formula is C32H54N4. The van der Waals surface area contributed by atoms with Crippen molar-refractivity contribution in [2.45, 2.75) is 109 Å². The Bertz CT molecular complexity index is 757. The molecule has 0 bridgehead atoms. The van der Waals surface area contributed by atoms with Crippen molar-refractivity contribution in [2.75, 3.05) is 45.8 Å². The van der Waals surface area contributed by atoms with Crippen molar-refractivity contribution in [3.63, 3.8) is 0 Å². The molecule has 0 saturated carbocycles. The zero-order valence-electron chi connectivity index (χ0n) is 25.6. The second-order valence-corrected chi connectivity index (χ2v) is 14.4. The lowest BCUT2D eigenvalue weighted by Crippen LogP contribution is -2.37. The molecule has 3 rings (SSSR count). The van der Waals surface area contributed by atoms with Crippen LogP contribution in [0.2, 0.25) is 0 Å². The van der Waals surface area contributed by atoms with E-state index in [1.165, 1.54) is 22.7 Å². The Hall–Kier alpha value is -1.58. The summed E-state index contributed by atoms with van der Waals surface area (Å²) in [6, 6.07) is 4.86. The molecule has 1 aromatic rings. The second kappa shape index (κ2) is 10.3. The molecule has 0 N–H and O–H groups in total. The van der Waals surface area contributed by atoms with E-state index in [4.69, 9.17) is 0 Å². The molecule has 0 atom stereocenters. The van der Waals surface area contributed by atoms with Gasteiger partial charge in [-0.1, -0.05) is 83.1 Å². The first-order valence-electron chi connectivity index (χ1n) is 14.4. The summed E-state index contributed by atoms with van der Waals surface area (Å²) < 4.78 is 0. The van der Waals surface area contributed by atoms with Gasteiger partial charge < -0.3 is 19.6 Å². The van der Waals surface area contributed by atoms with Gasteiger partial charge in [-0.3, -0.25) is 0 Å². The smallest absolute Gasteiger partial charge is 0.208 e. The van der Waals surface area contributed by atoms with Crippen molar-refractivity contribution < 1.29 is 0 Å². The Morgan fingerprint density at radius 1 is 0.444 bits per heavy atom. The predicted octanol–water partition coefficient (Wildman–Crippen LogP) is 8.68. The van der Waals surface area contributed by atoms with Gasteiger partial charge in [-0.15, -0.1) is 0 Å². The van der Waals surface area contributed by atoms with Crippen LogP contribution in [-0.2, 0) is 0 Å². The number of nitrogens with zero attached hydrogens (tertiary/aromatic N) is 4. The van der Waals surface area contributed by atoms with E-state index in [1.54, 1.807) is 0 Å². The first-order chi connectivity index (χ1) is 16.6. The predicted molar refractivity (Wildman–Crippen MR) is 159 cm³/mol. The minimum absolute atomic E-state index is 0.221. The summed E-state index contributed by atoms with van der Waals surface area (Å²) in [6.45, 7) is 39.6. The van der Waals surface area contributed by atoms with E-state index >= 15 is 0 Å². The Kier molecular flexibility index (Phi) is 8.29. The number of hydrogen-bond acceptors (Lipinski definition) is 4. The van der Waals surface area contributed by atoms with Crippen molar-refractivity contribution in [3.8, 4) is 0 Å². The Balaban J connectivity index is 2.09. The molecule has 202 valence electrons. The maximum Gasteiger partial charge on any atom is 0.208 e. The molecule has 0 spiro atoms. The maximum atomic E-state index is 3.80. The van der Waals surface area contributed by atoms with Crippen molar-refractivity contribution in [1.82, 2.24) is 0 Å². The van der Waals surface area contributed by atoms with Gasteiger partial charge in [-0.2, -0.15) is 0 Å². The monoisotopic (exact) mass is 494 g/mol. The zero-order valence-corrected chi connectivity index (χ0v) is 25.6. The number of anilines is 4. The Morgan fingerprint density at radius 2 is 0.639 bits per heavy atom. The van der Waals surface area contributed by atoms with Gasteiger partial charge in [0.25, 0.3) is 0 Å². The van der Waals surface area contributed by atoms with Gasteiger partial charge in [0.15, 0.2) is 0 Å². The molecule has 4 nitrogen and oxygen atoms in total. The molecule has 2 aliphatic heterocycles. The van der Waals surface area contributed by atoms with Crippen LogP contribution in [0.3, 0.4) is 0 Å². The summed E-state index contributed by atoms with van der Waals surface area (Å²) in [5.41, 5.74) is 6.05. The molecule has 0 amide bonds. The van der Waals surface area contributed by atoms with Crippen LogP contribution in [0, 0.1) is 35.0 Å². The quantitative estimate of drug-likeness (QED) is 0.288. The van der Waals surface area contributed by atoms with Crippen molar-refractivity contribution in [1.29, 1.82) is 0 Å². The van der Waals surface area contributed by atoms with Crippen LogP contribution in [0.4, 0.5) is 22.7 Å². The third-order valence-corrected chi connectivity index (χ3v) is 8.89. The molecule has 1 aromatic carbocycles. The molecule has 0 aliphatic carbocycles. The van der Waals surface area contributed by atoms with E-state index in [0.717, 1.165) is 51.9 Å². The lowest BCUT2D eigenvalue weighted by molar-refractivity contribution is 0.348. The van der Waals surface area contributed by atoms with Gasteiger partial charge >= 0.3 is 0 Å². The summed E-state index contributed by atoms with van der Waals surface area (Å²) in [5, 5.41) is 0. The highest BCUT2D eigenvalue weighted by Gasteiger charge is 2.40. The van der Waals surface area contributed by atoms with Gasteiger partial charge in [0, 0.05) is 26.2 Å². The largest absolute Gasteiger partial charge is 0.339 e. The number of rotatable bonds is 12. The molecule has 0 saturated heterocycles. The molecule has 2 aliphatic rings. The summed E-state index contributed by atoms with van der Waals surface area (Å²) in [7, 11) is 0. The fourth-order valence-corrected chi connectivity index (χ4v) is 4.57. The molecule has 4 radical (unpaired) electrons. The standard InChI is InChI=1S/C32H54N4/c1-13-29(5,6)19-33-23-34(20-30(7,8)14-2)26-18-28-27(17-25(26)33)35(21-31(9,10)15-3)24-36(28)22-32(11,12)16-4/h17-18H,13-16,19-22H2,1-12H3. The molecular weight excluding hydrogens is 440 g/mol. The minimum Gasteiger partial charge on any atom is -0.339 e. The van der Waals surface area contributed by atoms with Crippen molar-refractivity contribution in [3.05, 3.63) is 25.5 Å². The molecule has 4 heteroatoms. The lowest BCUT2D eigenvalue weighted by atomic mass is 9.89. The van der Waals surface area contributed by atoms with Crippen molar-refractivity contribution >= 4 is 22.7 Å². The first-order valence-corrected chi connectivity index (χ1v) is 14.4. The van der Waals surface area contributed by atoms with Crippen LogP contribution in [0.1, 0.15) is 109 Å². The third-order valence-electron chi connectivity index (χ3n) is 8.89. The third kappa shape index (κ3) is 6.45. The van der Waals surface area contributed by atoms with E-state index in [2.05, 4.69) is 128 Å². The van der Waals surface area contributed by atoms with Crippen LogP contribution in [0.25, 0.3) is 0 Å². The molecule has 36 heavy (non-hydrogen) atoms. The van der Waals surface area contributed by atoms with Gasteiger partial charge in [0.05, 0.1) is 22.7 Å². The normalized spacial score (nSPS) is 16.8. The molecule has 2 heterocycles. The molecule has 0 unspecified atom stereocenters. The van der Waals surface area contributed by atoms with Gasteiger partial charge in [0.1, 0.15) is 0 Å². The number of benzene rings is 1. The van der Waals surface area contributed by atoms with Gasteiger partial charge in [-0.25, -0.2) is 0 Å². The highest BCUT2D eigenvalue weighted by atomic mass is 15.4. The highest BCUT2D eigenvalue weighted by Crippen LogP contribution is 2.51. The highest BCUT2D eigenvalue weighted by molar-refractivity contribution is 5.92. The van der Waals surface area contributed by atoms with Crippen LogP contribution in [0.5, 0.6) is 0 Å². The topological polar surface area (TPSA) is 13.0 Å². The van der Waals surface area contributed by atoms with E-state index in [1.807, 2.05) is 0 Å². The zero-order chi connectivity index (χ0) is 27.1. The summed E-state index contributed by atoms with van der Waals surface area (Å²) in [4.78, 5) is 9.58. The average molecular weight is 495 g/mol. The Morgan fingerprint density at radius 3 is 0.806 bits per heavy atom. The fourth-order valence-electron chi connectivity index (χ4n) is 4.57. The summed E-state index contributed by atoms with van der Waals surface area (Å²) in [5.74, 6) is 0. The fraction of sp³-hybridized carbons (Fsp3) is 0.750. The van der Waals surface area contributed by atoms with Crippen molar-refractivity contribution in [2.24, 2.45) is 21.7 Å². The summed E-state index contributed by atoms with van der Waals surface area (Å²) in [6.07, 6.45) is 4.57. The lowest BCUT2D eigenvalue weighted by Gasteiger charge is -2.33. The van der Waals surface area contributed by atoms with Crippen LogP contribution < -0.4 is 19.6 Å². The molecule has 0 aromatic heterocycles. The Labute approximate surface area is 224 Å². The SMILES string of the molecule is CCC(C)(C)CN1[C]N(CC(C)(C)CC)c2cc3c(cc21)N(CC(C)(C)CC)[C]N3CC(C)(C)CC. The van der Waals surface area contributed by atoms with Crippen LogP contribution >= 0.6 is 0 Å². The average Bonchev–Trinajstić information content (AvgIpc) is 3.28. The molecule has 0 fully saturated rings. The van der Waals surface area contributed by atoms with E-state index in [-0.39, 0.29) is 21.7 Å². The summed E-state index contributed by atoms with van der Waals surface area (Å²) >= 11 is 0. The van der Waals surface area contributed by atoms with Gasteiger partial charge in [-0.05, 0) is 59.5 Å². The maximum absolute atomic E-state index is 3.80. The number of hydrogen-bond donors (Lipinski definition) is 0. The minimum atomic E-state index is 0.221.